The van der Waals surface area contributed by atoms with E-state index in [1.54, 1.807) is 0 Å². The van der Waals surface area contributed by atoms with E-state index >= 15 is 0 Å². The number of unbranched alkanes of at least 4 members (excludes halogenated alkanes) is 15. The summed E-state index contributed by atoms with van der Waals surface area (Å²) in [5.41, 5.74) is 0. The van der Waals surface area contributed by atoms with E-state index in [1.807, 2.05) is 0 Å². The molecule has 0 aromatic carbocycles. The van der Waals surface area contributed by atoms with Crippen molar-refractivity contribution < 1.29 is 4.52 Å². The van der Waals surface area contributed by atoms with Crippen LogP contribution < -0.4 is 0 Å². The number of rotatable bonds is 19. The Bertz CT molecular complexity index is 228. The molecular formula is C21H43OP. The molecule has 0 fully saturated rings. The van der Waals surface area contributed by atoms with Crippen LogP contribution in [-0.4, -0.2) is 6.61 Å². The molecule has 0 aliphatic heterocycles. The topological polar surface area (TPSA) is 9.23 Å². The summed E-state index contributed by atoms with van der Waals surface area (Å²) in [6, 6.07) is 0. The molecule has 0 rings (SSSR count). The normalized spacial score (nSPS) is 11.6. The van der Waals surface area contributed by atoms with Gasteiger partial charge in [-0.05, 0) is 32.1 Å². The molecule has 138 valence electrons. The molecule has 1 unspecified atom stereocenters. The van der Waals surface area contributed by atoms with Gasteiger partial charge in [-0.1, -0.05) is 96.1 Å². The van der Waals surface area contributed by atoms with Gasteiger partial charge in [0.2, 0.25) is 0 Å². The first-order valence-electron chi connectivity index (χ1n) is 10.4. The Morgan fingerprint density at radius 1 is 0.565 bits per heavy atom. The maximum Gasteiger partial charge on any atom is 0.0501 e. The van der Waals surface area contributed by atoms with Crippen molar-refractivity contribution in [3.05, 3.63) is 12.2 Å². The molecule has 1 atom stereocenters. The lowest BCUT2D eigenvalue weighted by atomic mass is 10.1. The highest BCUT2D eigenvalue weighted by Crippen LogP contribution is 2.12. The van der Waals surface area contributed by atoms with Crippen molar-refractivity contribution in [3.8, 4) is 0 Å². The molecule has 0 spiro atoms. The summed E-state index contributed by atoms with van der Waals surface area (Å²) in [4.78, 5) is 0. The third-order valence-electron chi connectivity index (χ3n) is 4.52. The maximum atomic E-state index is 4.99. The first-order chi connectivity index (χ1) is 11.4. The molecule has 0 amide bonds. The average molecular weight is 343 g/mol. The third kappa shape index (κ3) is 22.1. The van der Waals surface area contributed by atoms with Crippen LogP contribution in [0.5, 0.6) is 0 Å². The van der Waals surface area contributed by atoms with Gasteiger partial charge in [-0.25, -0.2) is 0 Å². The second-order valence-corrected chi connectivity index (χ2v) is 7.20. The molecule has 1 nitrogen and oxygen atoms in total. The maximum absolute atomic E-state index is 4.99. The van der Waals surface area contributed by atoms with Gasteiger partial charge < -0.3 is 4.52 Å². The molecule has 2 heteroatoms. The van der Waals surface area contributed by atoms with Gasteiger partial charge in [0.1, 0.15) is 0 Å². The molecule has 0 bridgehead atoms. The van der Waals surface area contributed by atoms with Gasteiger partial charge >= 0.3 is 0 Å². The van der Waals surface area contributed by atoms with Gasteiger partial charge in [0.15, 0.2) is 0 Å². The van der Waals surface area contributed by atoms with Crippen molar-refractivity contribution in [1.82, 2.24) is 0 Å². The Hall–Kier alpha value is 0.130. The predicted molar refractivity (Wildman–Crippen MR) is 109 cm³/mol. The molecule has 0 aromatic heterocycles. The van der Waals surface area contributed by atoms with Crippen molar-refractivity contribution in [2.24, 2.45) is 0 Å². The molecule has 0 aliphatic rings. The van der Waals surface area contributed by atoms with Crippen LogP contribution in [0.1, 0.15) is 116 Å². The van der Waals surface area contributed by atoms with Crippen molar-refractivity contribution in [2.75, 3.05) is 6.61 Å². The lowest BCUT2D eigenvalue weighted by molar-refractivity contribution is 0.352. The smallest absolute Gasteiger partial charge is 0.0501 e. The Kier molecular flexibility index (Phi) is 22.3. The number of hydrogen-bond donors (Lipinski definition) is 0. The summed E-state index contributed by atoms with van der Waals surface area (Å²) in [5, 5.41) is 0. The van der Waals surface area contributed by atoms with Gasteiger partial charge in [-0.15, -0.1) is 0 Å². The van der Waals surface area contributed by atoms with Crippen molar-refractivity contribution >= 4 is 9.47 Å². The minimum Gasteiger partial charge on any atom is -0.366 e. The third-order valence-corrected chi connectivity index (χ3v) is 4.76. The Morgan fingerprint density at radius 2 is 0.957 bits per heavy atom. The quantitative estimate of drug-likeness (QED) is 0.131. The van der Waals surface area contributed by atoms with E-state index < -0.39 is 0 Å². The summed E-state index contributed by atoms with van der Waals surface area (Å²) in [6.45, 7) is 3.18. The van der Waals surface area contributed by atoms with E-state index in [0.29, 0.717) is 0 Å². The molecule has 0 radical (unpaired) electrons. The first-order valence-corrected chi connectivity index (χ1v) is 10.9. The Balaban J connectivity index is 3.02. The van der Waals surface area contributed by atoms with Crippen LogP contribution in [0.15, 0.2) is 12.2 Å². The highest BCUT2D eigenvalue weighted by atomic mass is 31.0. The minimum atomic E-state index is 0.900. The van der Waals surface area contributed by atoms with Crippen LogP contribution in [-0.2, 0) is 4.52 Å². The van der Waals surface area contributed by atoms with Crippen molar-refractivity contribution in [3.63, 3.8) is 0 Å². The SMILES string of the molecule is CCCCCCCC/C=C\CCCCCCCCCCCOP. The van der Waals surface area contributed by atoms with E-state index in [1.165, 1.54) is 109 Å². The molecule has 0 aromatic rings. The molecule has 0 heterocycles. The molecule has 0 saturated carbocycles. The largest absolute Gasteiger partial charge is 0.366 e. The predicted octanol–water partition coefficient (Wildman–Crippen LogP) is 8.00. The van der Waals surface area contributed by atoms with Crippen LogP contribution in [0.4, 0.5) is 0 Å². The number of allylic oxidation sites excluding steroid dienone is 2. The fourth-order valence-electron chi connectivity index (χ4n) is 2.96. The van der Waals surface area contributed by atoms with Crippen molar-refractivity contribution in [2.45, 2.75) is 116 Å². The number of hydrogen-bond acceptors (Lipinski definition) is 1. The van der Waals surface area contributed by atoms with E-state index in [4.69, 9.17) is 4.52 Å². The van der Waals surface area contributed by atoms with Gasteiger partial charge in [0, 0.05) is 9.47 Å². The molecular weight excluding hydrogens is 299 g/mol. The second-order valence-electron chi connectivity index (χ2n) is 6.87. The van der Waals surface area contributed by atoms with Crippen molar-refractivity contribution in [1.29, 1.82) is 0 Å². The van der Waals surface area contributed by atoms with Crippen LogP contribution >= 0.6 is 9.47 Å². The molecule has 0 saturated heterocycles. The Labute approximate surface area is 149 Å². The lowest BCUT2D eigenvalue weighted by Gasteiger charge is -2.02. The molecule has 0 N–H and O–H groups in total. The summed E-state index contributed by atoms with van der Waals surface area (Å²) < 4.78 is 4.99. The highest BCUT2D eigenvalue weighted by molar-refractivity contribution is 7.09. The lowest BCUT2D eigenvalue weighted by Crippen LogP contribution is -1.85. The van der Waals surface area contributed by atoms with Gasteiger partial charge in [-0.3, -0.25) is 0 Å². The van der Waals surface area contributed by atoms with E-state index in [2.05, 4.69) is 28.5 Å². The van der Waals surface area contributed by atoms with Crippen LogP contribution in [0, 0.1) is 0 Å². The summed E-state index contributed by atoms with van der Waals surface area (Å²) in [5.74, 6) is 0. The minimum absolute atomic E-state index is 0.900. The molecule has 0 aliphatic carbocycles. The summed E-state index contributed by atoms with van der Waals surface area (Å²) >= 11 is 0. The zero-order chi connectivity index (χ0) is 16.8. The van der Waals surface area contributed by atoms with Gasteiger partial charge in [0.25, 0.3) is 0 Å². The van der Waals surface area contributed by atoms with Crippen LogP contribution in [0.2, 0.25) is 0 Å². The van der Waals surface area contributed by atoms with E-state index in [-0.39, 0.29) is 0 Å². The monoisotopic (exact) mass is 342 g/mol. The zero-order valence-corrected chi connectivity index (χ0v) is 17.0. The average Bonchev–Trinajstić information content (AvgIpc) is 2.57. The van der Waals surface area contributed by atoms with E-state index in [0.717, 1.165) is 6.61 Å². The fraction of sp³-hybridized carbons (Fsp3) is 0.905. The highest BCUT2D eigenvalue weighted by Gasteiger charge is 1.92. The summed E-state index contributed by atoms with van der Waals surface area (Å²) in [6.07, 6.45) is 28.3. The van der Waals surface area contributed by atoms with E-state index in [9.17, 15) is 0 Å². The first kappa shape index (κ1) is 23.1. The zero-order valence-electron chi connectivity index (χ0n) is 15.9. The van der Waals surface area contributed by atoms with Gasteiger partial charge in [-0.2, -0.15) is 0 Å². The van der Waals surface area contributed by atoms with Gasteiger partial charge in [0.05, 0.1) is 6.61 Å². The fourth-order valence-corrected chi connectivity index (χ4v) is 3.13. The Morgan fingerprint density at radius 3 is 1.39 bits per heavy atom. The standard InChI is InChI=1S/C21H43OP/c1-2-3-4-5-6-7-8-9-10-11-12-13-14-15-16-17-18-19-20-21-22-23/h9-10H,2-8,11-21,23H2,1H3/b10-9-. The molecule has 23 heavy (non-hydrogen) atoms. The van der Waals surface area contributed by atoms with Crippen LogP contribution in [0.3, 0.4) is 0 Å². The van der Waals surface area contributed by atoms with Crippen LogP contribution in [0.25, 0.3) is 0 Å². The second kappa shape index (κ2) is 22.1. The summed E-state index contributed by atoms with van der Waals surface area (Å²) in [7, 11) is 2.33.